The number of amides is 3. The number of carbonyl (C=O) groups is 3. The molecular weight excluding hydrogens is 468 g/mol. The molecular formula is C29H32N4O4. The zero-order valence-corrected chi connectivity index (χ0v) is 21.1. The van der Waals surface area contributed by atoms with E-state index in [0.717, 1.165) is 50.2 Å². The number of rotatable bonds is 3. The highest BCUT2D eigenvalue weighted by Crippen LogP contribution is 2.49. The van der Waals surface area contributed by atoms with E-state index >= 15 is 0 Å². The van der Waals surface area contributed by atoms with Crippen molar-refractivity contribution in [1.29, 1.82) is 0 Å². The molecule has 1 spiro atoms. The summed E-state index contributed by atoms with van der Waals surface area (Å²) in [6, 6.07) is 5.59. The Morgan fingerprint density at radius 2 is 1.86 bits per heavy atom. The quantitative estimate of drug-likeness (QED) is 0.652. The molecule has 1 atom stereocenters. The maximum absolute atomic E-state index is 13.2. The molecule has 2 saturated heterocycles. The van der Waals surface area contributed by atoms with Gasteiger partial charge in [0.05, 0.1) is 18.8 Å². The molecule has 1 unspecified atom stereocenters. The summed E-state index contributed by atoms with van der Waals surface area (Å²) in [7, 11) is 0. The van der Waals surface area contributed by atoms with Gasteiger partial charge in [0.15, 0.2) is 0 Å². The number of likely N-dealkylation sites (tertiary alicyclic amines) is 1. The third-order valence-electron chi connectivity index (χ3n) is 9.28. The Balaban J connectivity index is 1.08. The van der Waals surface area contributed by atoms with Gasteiger partial charge < -0.3 is 9.64 Å². The smallest absolute Gasteiger partial charge is 0.255 e. The number of benzene rings is 1. The molecule has 2 aromatic rings. The Morgan fingerprint density at radius 3 is 2.70 bits per heavy atom. The zero-order chi connectivity index (χ0) is 25.1. The number of nitrogens with one attached hydrogen (secondary N) is 1. The predicted molar refractivity (Wildman–Crippen MR) is 135 cm³/mol. The molecule has 2 fully saturated rings. The first kappa shape index (κ1) is 22.9. The lowest BCUT2D eigenvalue weighted by Crippen LogP contribution is -2.52. The Kier molecular flexibility index (Phi) is 5.36. The lowest BCUT2D eigenvalue weighted by molar-refractivity contribution is -0.136. The third-order valence-corrected chi connectivity index (χ3v) is 9.28. The average Bonchev–Trinajstić information content (AvgIpc) is 3.44. The number of aryl methyl sites for hydroxylation is 1. The first-order chi connectivity index (χ1) is 18.0. The molecule has 1 aromatic heterocycles. The van der Waals surface area contributed by atoms with E-state index in [1.807, 2.05) is 12.3 Å². The van der Waals surface area contributed by atoms with Crippen molar-refractivity contribution >= 4 is 17.7 Å². The van der Waals surface area contributed by atoms with Crippen molar-refractivity contribution in [3.8, 4) is 5.75 Å². The van der Waals surface area contributed by atoms with Crippen LogP contribution in [0.3, 0.4) is 0 Å². The van der Waals surface area contributed by atoms with E-state index in [2.05, 4.69) is 22.3 Å². The van der Waals surface area contributed by atoms with Crippen LogP contribution in [0.4, 0.5) is 0 Å². The van der Waals surface area contributed by atoms with Gasteiger partial charge in [0.2, 0.25) is 11.8 Å². The van der Waals surface area contributed by atoms with Gasteiger partial charge in [-0.1, -0.05) is 6.07 Å². The largest absolute Gasteiger partial charge is 0.492 e. The number of fused-ring (bicyclic) bond motifs is 5. The van der Waals surface area contributed by atoms with Gasteiger partial charge in [-0.05, 0) is 81.3 Å². The molecule has 1 aliphatic carbocycles. The van der Waals surface area contributed by atoms with E-state index in [-0.39, 0.29) is 29.6 Å². The summed E-state index contributed by atoms with van der Waals surface area (Å²) in [5.74, 6) is 0.0390. The molecule has 1 N–H and O–H groups in total. The standard InChI is InChI=1S/C29H32N4O4/c34-25-8-7-24(27(35)31-25)33-15-21-20(28(33)36)5-6-22-26(21)37-17-29(22)10-13-32(14-11-29)16-23-19-4-2-1-3-18(19)9-12-30-23/h5-6,9,12,24H,1-4,7-8,10-11,13-17H2,(H,31,34,35). The van der Waals surface area contributed by atoms with Crippen molar-refractivity contribution < 1.29 is 19.1 Å². The van der Waals surface area contributed by atoms with Crippen molar-refractivity contribution in [3.63, 3.8) is 0 Å². The predicted octanol–water partition coefficient (Wildman–Crippen LogP) is 2.65. The van der Waals surface area contributed by atoms with Crippen LogP contribution in [0.25, 0.3) is 0 Å². The van der Waals surface area contributed by atoms with Crippen LogP contribution in [0.1, 0.15) is 76.8 Å². The van der Waals surface area contributed by atoms with Crippen LogP contribution in [0, 0.1) is 0 Å². The van der Waals surface area contributed by atoms with Crippen LogP contribution in [-0.2, 0) is 40.9 Å². The number of nitrogens with zero attached hydrogens (tertiary/aromatic N) is 3. The summed E-state index contributed by atoms with van der Waals surface area (Å²) in [4.78, 5) is 46.1. The second kappa shape index (κ2) is 8.65. The molecule has 5 aliphatic rings. The van der Waals surface area contributed by atoms with E-state index < -0.39 is 6.04 Å². The number of imide groups is 1. The monoisotopic (exact) mass is 500 g/mol. The molecule has 4 aliphatic heterocycles. The van der Waals surface area contributed by atoms with Gasteiger partial charge in [-0.25, -0.2) is 0 Å². The van der Waals surface area contributed by atoms with E-state index in [1.165, 1.54) is 41.6 Å². The summed E-state index contributed by atoms with van der Waals surface area (Å²) in [5.41, 5.74) is 6.90. The van der Waals surface area contributed by atoms with E-state index in [0.29, 0.717) is 25.1 Å². The van der Waals surface area contributed by atoms with E-state index in [9.17, 15) is 14.4 Å². The molecule has 8 heteroatoms. The Hall–Kier alpha value is -3.26. The SMILES string of the molecule is O=C1CCC(N2Cc3c(ccc4c3OCC43CCN(Cc4nccc5c4CCCC5)CC3)C2=O)C(=O)N1. The summed E-state index contributed by atoms with van der Waals surface area (Å²) in [5, 5.41) is 2.38. The number of carbonyl (C=O) groups excluding carboxylic acids is 3. The fourth-order valence-electron chi connectivity index (χ4n) is 7.12. The van der Waals surface area contributed by atoms with Crippen molar-refractivity contribution in [1.82, 2.24) is 20.1 Å². The van der Waals surface area contributed by atoms with Crippen molar-refractivity contribution in [2.75, 3.05) is 19.7 Å². The minimum atomic E-state index is -0.607. The highest BCUT2D eigenvalue weighted by Gasteiger charge is 2.47. The van der Waals surface area contributed by atoms with Crippen molar-refractivity contribution in [2.24, 2.45) is 0 Å². The van der Waals surface area contributed by atoms with Gasteiger partial charge in [-0.3, -0.25) is 29.6 Å². The minimum absolute atomic E-state index is 0.0322. The fourth-order valence-corrected chi connectivity index (χ4v) is 7.12. The maximum Gasteiger partial charge on any atom is 0.255 e. The second-order valence-electron chi connectivity index (χ2n) is 11.3. The normalized spacial score (nSPS) is 24.5. The minimum Gasteiger partial charge on any atom is -0.492 e. The van der Waals surface area contributed by atoms with Crippen LogP contribution in [0.15, 0.2) is 24.4 Å². The van der Waals surface area contributed by atoms with Crippen molar-refractivity contribution in [3.05, 3.63) is 57.9 Å². The van der Waals surface area contributed by atoms with E-state index in [1.54, 1.807) is 4.90 Å². The van der Waals surface area contributed by atoms with Crippen LogP contribution >= 0.6 is 0 Å². The van der Waals surface area contributed by atoms with E-state index in [4.69, 9.17) is 9.72 Å². The molecule has 192 valence electrons. The Morgan fingerprint density at radius 1 is 1.03 bits per heavy atom. The first-order valence-electron chi connectivity index (χ1n) is 13.6. The lowest BCUT2D eigenvalue weighted by atomic mass is 9.74. The van der Waals surface area contributed by atoms with Gasteiger partial charge in [0.1, 0.15) is 11.8 Å². The number of piperidine rings is 2. The highest BCUT2D eigenvalue weighted by atomic mass is 16.5. The topological polar surface area (TPSA) is 91.8 Å². The van der Waals surface area contributed by atoms with Gasteiger partial charge >= 0.3 is 0 Å². The van der Waals surface area contributed by atoms with Gasteiger partial charge in [0.25, 0.3) is 5.91 Å². The molecule has 7 rings (SSSR count). The van der Waals surface area contributed by atoms with Crippen LogP contribution in [-0.4, -0.2) is 58.2 Å². The van der Waals surface area contributed by atoms with Crippen LogP contribution in [0.2, 0.25) is 0 Å². The number of pyridine rings is 1. The van der Waals surface area contributed by atoms with Crippen LogP contribution in [0.5, 0.6) is 5.75 Å². The lowest BCUT2D eigenvalue weighted by Gasteiger charge is -2.38. The van der Waals surface area contributed by atoms with Gasteiger partial charge in [-0.15, -0.1) is 0 Å². The number of ether oxygens (including phenoxy) is 1. The summed E-state index contributed by atoms with van der Waals surface area (Å²) < 4.78 is 6.33. The summed E-state index contributed by atoms with van der Waals surface area (Å²) in [6.07, 6.45) is 9.49. The fraction of sp³-hybridized carbons (Fsp3) is 0.517. The number of aromatic nitrogens is 1. The molecule has 1 aromatic carbocycles. The average molecular weight is 501 g/mol. The molecule has 8 nitrogen and oxygen atoms in total. The summed E-state index contributed by atoms with van der Waals surface area (Å²) in [6.45, 7) is 3.89. The molecule has 0 radical (unpaired) electrons. The summed E-state index contributed by atoms with van der Waals surface area (Å²) >= 11 is 0. The molecule has 0 bridgehead atoms. The molecule has 3 amide bonds. The first-order valence-corrected chi connectivity index (χ1v) is 13.6. The van der Waals surface area contributed by atoms with Crippen LogP contribution < -0.4 is 10.1 Å². The number of hydrogen-bond acceptors (Lipinski definition) is 6. The third kappa shape index (κ3) is 3.68. The van der Waals surface area contributed by atoms with Gasteiger partial charge in [-0.2, -0.15) is 0 Å². The Bertz CT molecular complexity index is 1310. The van der Waals surface area contributed by atoms with Crippen molar-refractivity contribution in [2.45, 2.75) is 75.9 Å². The molecule has 0 saturated carbocycles. The molecule has 5 heterocycles. The molecule has 37 heavy (non-hydrogen) atoms. The zero-order valence-electron chi connectivity index (χ0n) is 21.1. The van der Waals surface area contributed by atoms with Gasteiger partial charge in [0, 0.05) is 41.3 Å². The number of hydrogen-bond donors (Lipinski definition) is 1. The Labute approximate surface area is 216 Å². The highest BCUT2D eigenvalue weighted by molar-refractivity contribution is 6.05. The maximum atomic E-state index is 13.2. The second-order valence-corrected chi connectivity index (χ2v) is 11.3.